The van der Waals surface area contributed by atoms with Crippen LogP contribution in [0.1, 0.15) is 17.5 Å². The molecule has 6 heteroatoms. The smallest absolute Gasteiger partial charge is 0.202 e. The number of benzene rings is 3. The lowest BCUT2D eigenvalue weighted by Crippen LogP contribution is -2.51. The summed E-state index contributed by atoms with van der Waals surface area (Å²) in [5.74, 6) is 0.271. The van der Waals surface area contributed by atoms with Gasteiger partial charge in [-0.25, -0.2) is 4.39 Å². The Balaban J connectivity index is 1.68. The predicted octanol–water partition coefficient (Wildman–Crippen LogP) is 3.36. The average Bonchev–Trinajstić information content (AvgIpc) is 2.76. The minimum atomic E-state index is -1.17. The van der Waals surface area contributed by atoms with Crippen molar-refractivity contribution in [2.75, 3.05) is 6.61 Å². The van der Waals surface area contributed by atoms with E-state index in [9.17, 15) is 19.7 Å². The van der Waals surface area contributed by atoms with Crippen molar-refractivity contribution in [1.29, 1.82) is 0 Å². The zero-order valence-electron chi connectivity index (χ0n) is 16.2. The van der Waals surface area contributed by atoms with Gasteiger partial charge in [0.15, 0.2) is 0 Å². The van der Waals surface area contributed by atoms with Crippen molar-refractivity contribution >= 4 is 22.9 Å². The van der Waals surface area contributed by atoms with E-state index in [-0.39, 0.29) is 12.2 Å². The Morgan fingerprint density at radius 3 is 2.53 bits per heavy atom. The Morgan fingerprint density at radius 2 is 1.77 bits per heavy atom. The molecule has 0 aliphatic carbocycles. The topological polar surface area (TPSA) is 79.2 Å². The van der Waals surface area contributed by atoms with Gasteiger partial charge in [-0.2, -0.15) is 0 Å². The Kier molecular flexibility index (Phi) is 6.11. The first-order valence-electron chi connectivity index (χ1n) is 9.79. The van der Waals surface area contributed by atoms with E-state index in [0.717, 1.165) is 21.9 Å². The molecule has 3 aromatic rings. The summed E-state index contributed by atoms with van der Waals surface area (Å²) >= 11 is 0. The normalized spacial score (nSPS) is 24.4. The van der Waals surface area contributed by atoms with Crippen molar-refractivity contribution in [2.45, 2.75) is 31.0 Å². The highest BCUT2D eigenvalue weighted by molar-refractivity contribution is 5.93. The van der Waals surface area contributed by atoms with Crippen LogP contribution in [0.25, 0.3) is 22.9 Å². The first kappa shape index (κ1) is 20.5. The first-order chi connectivity index (χ1) is 14.5. The molecule has 0 bridgehead atoms. The molecule has 0 aromatic heterocycles. The quantitative estimate of drug-likeness (QED) is 0.562. The van der Waals surface area contributed by atoms with Gasteiger partial charge in [-0.1, -0.05) is 60.7 Å². The van der Waals surface area contributed by atoms with Crippen LogP contribution >= 0.6 is 0 Å². The molecule has 156 valence electrons. The van der Waals surface area contributed by atoms with E-state index in [2.05, 4.69) is 0 Å². The number of aliphatic hydroxyl groups excluding tert-OH is 3. The van der Waals surface area contributed by atoms with Crippen LogP contribution in [0.15, 0.2) is 60.7 Å². The number of fused-ring (bicyclic) bond motifs is 1. The second-order valence-electron chi connectivity index (χ2n) is 7.29. The second-order valence-corrected chi connectivity index (χ2v) is 7.29. The fraction of sp³-hybridized carbons (Fsp3) is 0.250. The molecule has 0 unspecified atom stereocenters. The van der Waals surface area contributed by atoms with E-state index >= 15 is 0 Å². The monoisotopic (exact) mass is 410 g/mol. The molecule has 1 fully saturated rings. The molecule has 1 aliphatic rings. The molecule has 4 atom stereocenters. The summed E-state index contributed by atoms with van der Waals surface area (Å²) in [6.45, 7) is -0.426. The van der Waals surface area contributed by atoms with Gasteiger partial charge in [0.2, 0.25) is 6.29 Å². The molecule has 1 aliphatic heterocycles. The van der Waals surface area contributed by atoms with Crippen LogP contribution in [0.3, 0.4) is 0 Å². The fourth-order valence-corrected chi connectivity index (χ4v) is 3.56. The minimum absolute atomic E-state index is 0.0714. The summed E-state index contributed by atoms with van der Waals surface area (Å²) in [5.41, 5.74) is 1.62. The van der Waals surface area contributed by atoms with Gasteiger partial charge in [-0.15, -0.1) is 0 Å². The molecular formula is C24H23FO5. The van der Waals surface area contributed by atoms with Gasteiger partial charge in [0.1, 0.15) is 23.8 Å². The number of rotatable bonds is 5. The Hall–Kier alpha value is -2.77. The Morgan fingerprint density at radius 1 is 1.00 bits per heavy atom. The van der Waals surface area contributed by atoms with Gasteiger partial charge < -0.3 is 24.8 Å². The van der Waals surface area contributed by atoms with Crippen molar-refractivity contribution in [3.8, 4) is 5.75 Å². The van der Waals surface area contributed by atoms with Crippen LogP contribution in [-0.4, -0.2) is 46.5 Å². The summed E-state index contributed by atoms with van der Waals surface area (Å²) in [5, 5.41) is 31.3. The lowest BCUT2D eigenvalue weighted by atomic mass is 10.0. The van der Waals surface area contributed by atoms with Crippen LogP contribution in [-0.2, 0) is 4.74 Å². The van der Waals surface area contributed by atoms with Crippen molar-refractivity contribution in [2.24, 2.45) is 0 Å². The third-order valence-corrected chi connectivity index (χ3v) is 5.20. The van der Waals surface area contributed by atoms with E-state index in [4.69, 9.17) is 9.47 Å². The highest BCUT2D eigenvalue weighted by Crippen LogP contribution is 2.34. The average molecular weight is 410 g/mol. The molecule has 3 N–H and O–H groups in total. The molecule has 0 amide bonds. The zero-order valence-corrected chi connectivity index (χ0v) is 16.2. The van der Waals surface area contributed by atoms with Crippen LogP contribution in [0.4, 0.5) is 4.39 Å². The van der Waals surface area contributed by atoms with E-state index in [0.29, 0.717) is 5.75 Å². The number of ether oxygens (including phenoxy) is 2. The maximum Gasteiger partial charge on any atom is 0.202 e. The lowest BCUT2D eigenvalue weighted by Gasteiger charge is -2.36. The molecule has 0 radical (unpaired) electrons. The number of aliphatic hydroxyl groups is 3. The lowest BCUT2D eigenvalue weighted by molar-refractivity contribution is -0.229. The summed E-state index contributed by atoms with van der Waals surface area (Å²) in [7, 11) is 0. The van der Waals surface area contributed by atoms with Crippen LogP contribution < -0.4 is 4.74 Å². The largest absolute Gasteiger partial charge is 0.464 e. The van der Waals surface area contributed by atoms with Gasteiger partial charge >= 0.3 is 0 Å². The Labute approximate surface area is 173 Å². The second kappa shape index (κ2) is 8.93. The first-order valence-corrected chi connectivity index (χ1v) is 9.79. The molecule has 4 rings (SSSR count). The minimum Gasteiger partial charge on any atom is -0.464 e. The highest BCUT2D eigenvalue weighted by Gasteiger charge is 2.37. The van der Waals surface area contributed by atoms with Crippen molar-refractivity contribution in [3.05, 3.63) is 77.6 Å². The van der Waals surface area contributed by atoms with Crippen molar-refractivity contribution < 1.29 is 29.2 Å². The van der Waals surface area contributed by atoms with Crippen molar-refractivity contribution in [1.82, 2.24) is 0 Å². The summed E-state index contributed by atoms with van der Waals surface area (Å²) in [6.07, 6.45) is -0.187. The van der Waals surface area contributed by atoms with E-state index in [1.165, 1.54) is 12.1 Å². The van der Waals surface area contributed by atoms with Gasteiger partial charge in [-0.05, 0) is 23.1 Å². The standard InChI is InChI=1S/C24H23FO5/c25-18-11-6-15(7-12-18)5-8-17-10-9-16-3-1-2-4-19(16)24(17)30-22-13-20(27)23(28)21(14-26)29-22/h1-12,20-23,26-28H,13-14H2/b8-5+/t20-,21-,22+,23+/m1/s1. The third kappa shape index (κ3) is 4.37. The molecule has 0 saturated carbocycles. The SMILES string of the molecule is OC[C@H]1O[C@@H](Oc2c(/C=C/c3ccc(F)cc3)ccc3ccccc23)C[C@@H](O)[C@@H]1O. The molecule has 5 nitrogen and oxygen atoms in total. The maximum absolute atomic E-state index is 13.2. The highest BCUT2D eigenvalue weighted by atomic mass is 19.1. The molecule has 30 heavy (non-hydrogen) atoms. The summed E-state index contributed by atoms with van der Waals surface area (Å²) in [4.78, 5) is 0. The maximum atomic E-state index is 13.2. The van der Waals surface area contributed by atoms with Crippen LogP contribution in [0, 0.1) is 5.82 Å². The molecule has 0 spiro atoms. The van der Waals surface area contributed by atoms with E-state index in [1.54, 1.807) is 12.1 Å². The van der Waals surface area contributed by atoms with Gasteiger partial charge in [0.05, 0.1) is 12.7 Å². The third-order valence-electron chi connectivity index (χ3n) is 5.20. The fourth-order valence-electron chi connectivity index (χ4n) is 3.56. The van der Waals surface area contributed by atoms with Gasteiger partial charge in [-0.3, -0.25) is 0 Å². The van der Waals surface area contributed by atoms with E-state index in [1.807, 2.05) is 48.6 Å². The Bertz CT molecular complexity index is 1030. The van der Waals surface area contributed by atoms with Crippen LogP contribution in [0.5, 0.6) is 5.75 Å². The predicted molar refractivity (Wildman–Crippen MR) is 112 cm³/mol. The van der Waals surface area contributed by atoms with Crippen molar-refractivity contribution in [3.63, 3.8) is 0 Å². The van der Waals surface area contributed by atoms with E-state index < -0.39 is 31.2 Å². The molecule has 1 heterocycles. The summed E-state index contributed by atoms with van der Waals surface area (Å²) < 4.78 is 25.0. The summed E-state index contributed by atoms with van der Waals surface area (Å²) in [6, 6.07) is 17.8. The van der Waals surface area contributed by atoms with Gasteiger partial charge in [0, 0.05) is 17.4 Å². The number of hydrogen-bond acceptors (Lipinski definition) is 5. The zero-order chi connectivity index (χ0) is 21.1. The van der Waals surface area contributed by atoms with Gasteiger partial charge in [0.25, 0.3) is 0 Å². The number of hydrogen-bond donors (Lipinski definition) is 3. The molecular weight excluding hydrogens is 387 g/mol. The molecule has 1 saturated heterocycles. The number of halogens is 1. The molecule has 3 aromatic carbocycles. The van der Waals surface area contributed by atoms with Crippen LogP contribution in [0.2, 0.25) is 0 Å².